The number of aromatic hydroxyl groups is 1. The van der Waals surface area contributed by atoms with Crippen LogP contribution < -0.4 is 15.8 Å². The molecule has 1 aromatic heterocycles. The number of rotatable bonds is 3. The number of nitrogens with one attached hydrogen (secondary N) is 1. The van der Waals surface area contributed by atoms with Gasteiger partial charge in [-0.25, -0.2) is 8.78 Å². The van der Waals surface area contributed by atoms with E-state index < -0.39 is 40.2 Å². The first-order valence-corrected chi connectivity index (χ1v) is 9.70. The maximum atomic E-state index is 13.8. The number of carbonyl (C=O) groups excluding carboxylic acids is 2. The minimum Gasteiger partial charge on any atom is -0.502 e. The van der Waals surface area contributed by atoms with Crippen molar-refractivity contribution in [3.05, 3.63) is 75.2 Å². The summed E-state index contributed by atoms with van der Waals surface area (Å²) in [7, 11) is 0. The van der Waals surface area contributed by atoms with Gasteiger partial charge in [0.15, 0.2) is 11.4 Å². The zero-order chi connectivity index (χ0) is 22.3. The smallest absolute Gasteiger partial charge is 0.278 e. The third kappa shape index (κ3) is 3.65. The summed E-state index contributed by atoms with van der Waals surface area (Å²) < 4.78 is 28.2. The highest BCUT2D eigenvalue weighted by molar-refractivity contribution is 5.99. The molecule has 2 N–H and O–H groups in total. The molecule has 1 aromatic carbocycles. The van der Waals surface area contributed by atoms with Crippen LogP contribution in [0, 0.1) is 11.6 Å². The van der Waals surface area contributed by atoms with Crippen LogP contribution in [0.3, 0.4) is 0 Å². The van der Waals surface area contributed by atoms with E-state index in [4.69, 9.17) is 0 Å². The van der Waals surface area contributed by atoms with Crippen LogP contribution in [0.5, 0.6) is 5.75 Å². The van der Waals surface area contributed by atoms with Gasteiger partial charge < -0.3 is 15.3 Å². The zero-order valence-corrected chi connectivity index (χ0v) is 16.6. The van der Waals surface area contributed by atoms with Crippen LogP contribution in [-0.2, 0) is 6.54 Å². The molecular weight excluding hydrogens is 410 g/mol. The van der Waals surface area contributed by atoms with Crippen LogP contribution in [0.2, 0.25) is 0 Å². The molecule has 10 heteroatoms. The number of benzene rings is 1. The monoisotopic (exact) mass is 430 g/mol. The van der Waals surface area contributed by atoms with Gasteiger partial charge in [-0.15, -0.1) is 0 Å². The summed E-state index contributed by atoms with van der Waals surface area (Å²) >= 11 is 0. The van der Waals surface area contributed by atoms with E-state index in [1.165, 1.54) is 21.8 Å². The largest absolute Gasteiger partial charge is 0.502 e. The van der Waals surface area contributed by atoms with E-state index >= 15 is 0 Å². The minimum atomic E-state index is -1.00. The van der Waals surface area contributed by atoms with E-state index in [1.807, 2.05) is 19.1 Å². The molecule has 2 aliphatic heterocycles. The molecule has 162 valence electrons. The van der Waals surface area contributed by atoms with Gasteiger partial charge in [0.1, 0.15) is 23.9 Å². The van der Waals surface area contributed by atoms with E-state index in [0.717, 1.165) is 6.07 Å². The second-order valence-corrected chi connectivity index (χ2v) is 7.50. The first kappa shape index (κ1) is 20.6. The lowest BCUT2D eigenvalue weighted by Gasteiger charge is -2.43. The third-order valence-electron chi connectivity index (χ3n) is 5.42. The fraction of sp³-hybridized carbons (Fsp3) is 0.286. The number of hydrogen-bond donors (Lipinski definition) is 2. The second-order valence-electron chi connectivity index (χ2n) is 7.50. The van der Waals surface area contributed by atoms with Crippen molar-refractivity contribution in [2.75, 3.05) is 18.2 Å². The Bertz CT molecular complexity index is 1160. The summed E-state index contributed by atoms with van der Waals surface area (Å²) in [5, 5.41) is 14.7. The number of fused-ring (bicyclic) bond motifs is 4. The van der Waals surface area contributed by atoms with Crippen molar-refractivity contribution in [3.63, 3.8) is 0 Å². The summed E-state index contributed by atoms with van der Waals surface area (Å²) in [5.41, 5.74) is -1.57. The highest BCUT2D eigenvalue weighted by Gasteiger charge is 2.35. The van der Waals surface area contributed by atoms with Crippen LogP contribution in [-0.4, -0.2) is 45.8 Å². The molecule has 3 heterocycles. The van der Waals surface area contributed by atoms with Crippen LogP contribution in [0.25, 0.3) is 0 Å². The van der Waals surface area contributed by atoms with Gasteiger partial charge in [0.25, 0.3) is 11.8 Å². The van der Waals surface area contributed by atoms with Crippen molar-refractivity contribution < 1.29 is 23.5 Å². The van der Waals surface area contributed by atoms with Gasteiger partial charge in [-0.1, -0.05) is 18.2 Å². The highest BCUT2D eigenvalue weighted by Crippen LogP contribution is 2.24. The number of pyridine rings is 1. The maximum absolute atomic E-state index is 13.8. The molecule has 1 atom stereocenters. The molecular formula is C21H20F2N4O4. The Morgan fingerprint density at radius 1 is 1.26 bits per heavy atom. The molecule has 0 unspecified atom stereocenters. The molecule has 0 fully saturated rings. The molecule has 0 aliphatic carbocycles. The van der Waals surface area contributed by atoms with Crippen LogP contribution in [0.15, 0.2) is 41.3 Å². The predicted octanol–water partition coefficient (Wildman–Crippen LogP) is 1.46. The Hall–Kier alpha value is -3.69. The van der Waals surface area contributed by atoms with Gasteiger partial charge in [0.05, 0.1) is 0 Å². The minimum absolute atomic E-state index is 0.0343. The van der Waals surface area contributed by atoms with Crippen molar-refractivity contribution in [1.29, 1.82) is 0 Å². The van der Waals surface area contributed by atoms with Gasteiger partial charge >= 0.3 is 0 Å². The molecule has 0 spiro atoms. The fourth-order valence-corrected chi connectivity index (χ4v) is 3.65. The van der Waals surface area contributed by atoms with Crippen molar-refractivity contribution in [3.8, 4) is 5.75 Å². The van der Waals surface area contributed by atoms with Gasteiger partial charge in [-0.3, -0.25) is 24.1 Å². The van der Waals surface area contributed by atoms with E-state index in [9.17, 15) is 28.3 Å². The van der Waals surface area contributed by atoms with E-state index in [1.54, 1.807) is 5.01 Å². The van der Waals surface area contributed by atoms with Crippen molar-refractivity contribution in [2.24, 2.45) is 0 Å². The fourth-order valence-electron chi connectivity index (χ4n) is 3.65. The molecule has 2 aromatic rings. The van der Waals surface area contributed by atoms with Crippen LogP contribution >= 0.6 is 0 Å². The zero-order valence-electron chi connectivity index (χ0n) is 16.6. The predicted molar refractivity (Wildman–Crippen MR) is 107 cm³/mol. The number of carbonyl (C=O) groups is 2. The van der Waals surface area contributed by atoms with Gasteiger partial charge in [-0.05, 0) is 19.4 Å². The Morgan fingerprint density at radius 3 is 2.77 bits per heavy atom. The molecule has 31 heavy (non-hydrogen) atoms. The van der Waals surface area contributed by atoms with E-state index in [-0.39, 0.29) is 30.5 Å². The van der Waals surface area contributed by atoms with Crippen LogP contribution in [0.4, 0.5) is 8.78 Å². The Morgan fingerprint density at radius 2 is 2.03 bits per heavy atom. The molecule has 4 rings (SSSR count). The summed E-state index contributed by atoms with van der Waals surface area (Å²) in [5.74, 6) is -3.78. The lowest BCUT2D eigenvalue weighted by molar-refractivity contribution is 0.0694. The average molecular weight is 430 g/mol. The van der Waals surface area contributed by atoms with Crippen LogP contribution in [0.1, 0.15) is 39.8 Å². The van der Waals surface area contributed by atoms with E-state index in [2.05, 4.69) is 5.32 Å². The molecule has 2 aliphatic rings. The summed E-state index contributed by atoms with van der Waals surface area (Å²) in [4.78, 5) is 39.6. The summed E-state index contributed by atoms with van der Waals surface area (Å²) in [6.07, 6.45) is 5.67. The standard InChI is InChI=1S/C21H20F2N4O4/c1-12-4-2-3-7-25-11-27(12)26-10-15(18(28)19(29)17(26)21(25)31)20(30)24-9-13-5-6-14(22)8-16(13)23/h2-3,5-6,8,10,12,29H,4,7,9,11H2,1H3,(H,24,30)/t12-/m0/s1. The molecule has 0 radical (unpaired) electrons. The number of halogens is 2. The molecule has 2 amide bonds. The Balaban J connectivity index is 1.69. The maximum Gasteiger partial charge on any atom is 0.278 e. The molecule has 2 bridgehead atoms. The molecule has 8 nitrogen and oxygen atoms in total. The van der Waals surface area contributed by atoms with Gasteiger partial charge in [0, 0.05) is 37.0 Å². The Labute approximate surface area is 176 Å². The molecule has 0 saturated carbocycles. The van der Waals surface area contributed by atoms with Crippen molar-refractivity contribution >= 4 is 11.8 Å². The normalized spacial score (nSPS) is 17.8. The highest BCUT2D eigenvalue weighted by atomic mass is 19.1. The number of nitrogens with zero attached hydrogens (tertiary/aromatic N) is 3. The number of amides is 2. The van der Waals surface area contributed by atoms with Gasteiger partial charge in [-0.2, -0.15) is 0 Å². The first-order chi connectivity index (χ1) is 14.8. The quantitative estimate of drug-likeness (QED) is 0.719. The Kier molecular flexibility index (Phi) is 5.22. The van der Waals surface area contributed by atoms with Crippen molar-refractivity contribution in [1.82, 2.24) is 14.9 Å². The van der Waals surface area contributed by atoms with Crippen molar-refractivity contribution in [2.45, 2.75) is 25.9 Å². The molecule has 0 saturated heterocycles. The summed E-state index contributed by atoms with van der Waals surface area (Å²) in [6.45, 7) is 2.19. The second kappa shape index (κ2) is 7.86. The van der Waals surface area contributed by atoms with Gasteiger partial charge in [0.2, 0.25) is 5.43 Å². The number of hydrogen-bond acceptors (Lipinski definition) is 5. The number of aromatic nitrogens is 1. The lowest BCUT2D eigenvalue weighted by atomic mass is 10.1. The SMILES string of the molecule is C[C@H]1CC=CCN2CN1n1cc(C(=O)NCc3ccc(F)cc3F)c(=O)c(O)c1C2=O. The third-order valence-corrected chi connectivity index (χ3v) is 5.42. The first-order valence-electron chi connectivity index (χ1n) is 9.70. The average Bonchev–Trinajstić information content (AvgIpc) is 2.72. The van der Waals surface area contributed by atoms with E-state index in [0.29, 0.717) is 19.0 Å². The summed E-state index contributed by atoms with van der Waals surface area (Å²) in [6, 6.07) is 2.84. The topological polar surface area (TPSA) is 94.9 Å². The lowest BCUT2D eigenvalue weighted by Crippen LogP contribution is -2.58.